The van der Waals surface area contributed by atoms with Crippen LogP contribution in [0.4, 0.5) is 5.13 Å². The van der Waals surface area contributed by atoms with Crippen LogP contribution in [-0.4, -0.2) is 25.1 Å². The molecule has 0 radical (unpaired) electrons. The molecule has 0 spiro atoms. The lowest BCUT2D eigenvalue weighted by Crippen LogP contribution is -2.11. The monoisotopic (exact) mass is 392 g/mol. The van der Waals surface area contributed by atoms with E-state index in [1.165, 1.54) is 11.3 Å². The Labute approximate surface area is 145 Å². The Morgan fingerprint density at radius 2 is 2.04 bits per heavy atom. The van der Waals surface area contributed by atoms with Crippen molar-refractivity contribution in [3.8, 4) is 11.5 Å². The lowest BCUT2D eigenvalue weighted by Gasteiger charge is -2.03. The normalized spacial score (nSPS) is 10.6. The van der Waals surface area contributed by atoms with Crippen molar-refractivity contribution in [2.75, 3.05) is 19.5 Å². The van der Waals surface area contributed by atoms with Gasteiger partial charge in [0.15, 0.2) is 5.13 Å². The number of aromatic nitrogens is 1. The van der Waals surface area contributed by atoms with E-state index in [1.807, 2.05) is 18.2 Å². The highest BCUT2D eigenvalue weighted by Gasteiger charge is 2.14. The third-order valence-electron chi connectivity index (χ3n) is 3.20. The summed E-state index contributed by atoms with van der Waals surface area (Å²) in [5.41, 5.74) is 1.26. The quantitative estimate of drug-likeness (QED) is 0.717. The zero-order chi connectivity index (χ0) is 16.4. The van der Waals surface area contributed by atoms with Crippen LogP contribution in [0, 0.1) is 0 Å². The molecule has 0 bridgehead atoms. The molecule has 1 aromatic heterocycles. The number of methoxy groups -OCH3 is 2. The van der Waals surface area contributed by atoms with E-state index in [1.54, 1.807) is 32.4 Å². The van der Waals surface area contributed by atoms with Gasteiger partial charge in [0, 0.05) is 16.1 Å². The molecule has 23 heavy (non-hydrogen) atoms. The lowest BCUT2D eigenvalue weighted by molar-refractivity contribution is 0.102. The van der Waals surface area contributed by atoms with Crippen LogP contribution in [0.1, 0.15) is 10.4 Å². The zero-order valence-electron chi connectivity index (χ0n) is 12.4. The summed E-state index contributed by atoms with van der Waals surface area (Å²) in [5.74, 6) is 1.08. The van der Waals surface area contributed by atoms with Crippen molar-refractivity contribution in [1.29, 1.82) is 0 Å². The summed E-state index contributed by atoms with van der Waals surface area (Å²) in [6, 6.07) is 10.8. The summed E-state index contributed by atoms with van der Waals surface area (Å²) in [6.45, 7) is 0. The van der Waals surface area contributed by atoms with Gasteiger partial charge in [-0.2, -0.15) is 0 Å². The first-order valence-corrected chi connectivity index (χ1v) is 8.31. The highest BCUT2D eigenvalue weighted by Crippen LogP contribution is 2.36. The Balaban J connectivity index is 1.93. The van der Waals surface area contributed by atoms with Crippen molar-refractivity contribution in [1.82, 2.24) is 4.98 Å². The number of rotatable bonds is 4. The number of fused-ring (bicyclic) bond motifs is 1. The standard InChI is InChI=1S/C16H13BrN2O3S/c1-21-11-7-12(22-2)14-13(8-11)23-16(18-14)19-15(20)9-4-3-5-10(17)6-9/h3-8H,1-2H3,(H,18,19,20). The van der Waals surface area contributed by atoms with Crippen molar-refractivity contribution in [2.45, 2.75) is 0 Å². The second-order valence-corrected chi connectivity index (χ2v) is 6.61. The summed E-state index contributed by atoms with van der Waals surface area (Å²) in [5, 5.41) is 3.33. The van der Waals surface area contributed by atoms with Crippen molar-refractivity contribution in [3.05, 3.63) is 46.4 Å². The maximum atomic E-state index is 12.3. The molecule has 0 atom stereocenters. The smallest absolute Gasteiger partial charge is 0.257 e. The molecule has 0 aliphatic heterocycles. The summed E-state index contributed by atoms with van der Waals surface area (Å²) >= 11 is 4.72. The largest absolute Gasteiger partial charge is 0.497 e. The van der Waals surface area contributed by atoms with Crippen LogP contribution >= 0.6 is 27.3 Å². The zero-order valence-corrected chi connectivity index (χ0v) is 14.8. The van der Waals surface area contributed by atoms with E-state index in [2.05, 4.69) is 26.2 Å². The summed E-state index contributed by atoms with van der Waals surface area (Å²) < 4.78 is 12.3. The number of anilines is 1. The molecular formula is C16H13BrN2O3S. The van der Waals surface area contributed by atoms with E-state index in [4.69, 9.17) is 9.47 Å². The van der Waals surface area contributed by atoms with E-state index in [-0.39, 0.29) is 5.91 Å². The van der Waals surface area contributed by atoms with E-state index in [0.717, 1.165) is 9.17 Å². The molecule has 7 heteroatoms. The second-order valence-electron chi connectivity index (χ2n) is 4.66. The predicted molar refractivity (Wildman–Crippen MR) is 94.8 cm³/mol. The van der Waals surface area contributed by atoms with Crippen LogP contribution in [0.2, 0.25) is 0 Å². The number of hydrogen-bond donors (Lipinski definition) is 1. The molecule has 0 aliphatic rings. The number of halogens is 1. The van der Waals surface area contributed by atoms with E-state index < -0.39 is 0 Å². The van der Waals surface area contributed by atoms with Gasteiger partial charge in [-0.05, 0) is 24.3 Å². The SMILES string of the molecule is COc1cc(OC)c2nc(NC(=O)c3cccc(Br)c3)sc2c1. The average molecular weight is 393 g/mol. The number of ether oxygens (including phenoxy) is 2. The third kappa shape index (κ3) is 3.30. The van der Waals surface area contributed by atoms with Crippen LogP contribution < -0.4 is 14.8 Å². The van der Waals surface area contributed by atoms with Crippen LogP contribution in [-0.2, 0) is 0 Å². The van der Waals surface area contributed by atoms with Gasteiger partial charge in [0.2, 0.25) is 0 Å². The average Bonchev–Trinajstić information content (AvgIpc) is 2.95. The maximum Gasteiger partial charge on any atom is 0.257 e. The Hall–Kier alpha value is -2.12. The number of amides is 1. The third-order valence-corrected chi connectivity index (χ3v) is 4.61. The molecule has 1 heterocycles. The fraction of sp³-hybridized carbons (Fsp3) is 0.125. The molecule has 1 amide bonds. The first-order valence-electron chi connectivity index (χ1n) is 6.70. The summed E-state index contributed by atoms with van der Waals surface area (Å²) in [4.78, 5) is 16.7. The molecule has 5 nitrogen and oxygen atoms in total. The van der Waals surface area contributed by atoms with Crippen LogP contribution in [0.15, 0.2) is 40.9 Å². The molecule has 2 aromatic carbocycles. The fourth-order valence-corrected chi connectivity index (χ4v) is 3.41. The molecule has 0 aliphatic carbocycles. The van der Waals surface area contributed by atoms with Gasteiger partial charge in [-0.1, -0.05) is 33.3 Å². The molecule has 3 rings (SSSR count). The van der Waals surface area contributed by atoms with Gasteiger partial charge in [0.05, 0.1) is 18.9 Å². The van der Waals surface area contributed by atoms with Gasteiger partial charge in [-0.15, -0.1) is 0 Å². The highest BCUT2D eigenvalue weighted by molar-refractivity contribution is 9.10. The Kier molecular flexibility index (Phi) is 4.49. The molecule has 3 aromatic rings. The molecule has 0 fully saturated rings. The van der Waals surface area contributed by atoms with Crippen molar-refractivity contribution in [3.63, 3.8) is 0 Å². The summed E-state index contributed by atoms with van der Waals surface area (Å²) in [7, 11) is 3.17. The number of carbonyl (C=O) groups is 1. The van der Waals surface area contributed by atoms with Gasteiger partial charge < -0.3 is 9.47 Å². The molecule has 118 valence electrons. The second kappa shape index (κ2) is 6.55. The van der Waals surface area contributed by atoms with Crippen molar-refractivity contribution >= 4 is 48.5 Å². The van der Waals surface area contributed by atoms with E-state index in [0.29, 0.717) is 27.7 Å². The van der Waals surface area contributed by atoms with Gasteiger partial charge in [0.1, 0.15) is 17.0 Å². The first kappa shape index (κ1) is 15.8. The van der Waals surface area contributed by atoms with Crippen LogP contribution in [0.3, 0.4) is 0 Å². The van der Waals surface area contributed by atoms with Gasteiger partial charge in [-0.25, -0.2) is 4.98 Å². The number of benzene rings is 2. The molecule has 0 saturated carbocycles. The van der Waals surface area contributed by atoms with Crippen molar-refractivity contribution < 1.29 is 14.3 Å². The lowest BCUT2D eigenvalue weighted by atomic mass is 10.2. The summed E-state index contributed by atoms with van der Waals surface area (Å²) in [6.07, 6.45) is 0. The molecular weight excluding hydrogens is 380 g/mol. The number of carbonyl (C=O) groups excluding carboxylic acids is 1. The maximum absolute atomic E-state index is 12.3. The van der Waals surface area contributed by atoms with Gasteiger partial charge >= 0.3 is 0 Å². The van der Waals surface area contributed by atoms with Crippen molar-refractivity contribution in [2.24, 2.45) is 0 Å². The Bertz CT molecular complexity index is 879. The topological polar surface area (TPSA) is 60.5 Å². The minimum absolute atomic E-state index is 0.212. The Morgan fingerprint density at radius 1 is 1.22 bits per heavy atom. The minimum atomic E-state index is -0.212. The van der Waals surface area contributed by atoms with Gasteiger partial charge in [0.25, 0.3) is 5.91 Å². The fourth-order valence-electron chi connectivity index (χ4n) is 2.10. The number of nitrogens with one attached hydrogen (secondary N) is 1. The number of thiazole rings is 1. The number of hydrogen-bond acceptors (Lipinski definition) is 5. The van der Waals surface area contributed by atoms with Gasteiger partial charge in [-0.3, -0.25) is 10.1 Å². The molecule has 1 N–H and O–H groups in total. The van der Waals surface area contributed by atoms with E-state index >= 15 is 0 Å². The first-order chi connectivity index (χ1) is 11.1. The minimum Gasteiger partial charge on any atom is -0.497 e. The molecule has 0 saturated heterocycles. The Morgan fingerprint density at radius 3 is 2.74 bits per heavy atom. The number of nitrogens with zero attached hydrogens (tertiary/aromatic N) is 1. The van der Waals surface area contributed by atoms with Crippen LogP contribution in [0.5, 0.6) is 11.5 Å². The molecule has 0 unspecified atom stereocenters. The highest BCUT2D eigenvalue weighted by atomic mass is 79.9. The predicted octanol–water partition coefficient (Wildman–Crippen LogP) is 4.33. The van der Waals surface area contributed by atoms with Crippen LogP contribution in [0.25, 0.3) is 10.2 Å². The van der Waals surface area contributed by atoms with E-state index in [9.17, 15) is 4.79 Å².